The molecule has 23 heavy (non-hydrogen) atoms. The highest BCUT2D eigenvalue weighted by Crippen LogP contribution is 2.21. The van der Waals surface area contributed by atoms with Crippen LogP contribution in [0.2, 0.25) is 0 Å². The molecule has 0 spiro atoms. The fourth-order valence-corrected chi connectivity index (χ4v) is 2.49. The van der Waals surface area contributed by atoms with Gasteiger partial charge >= 0.3 is 5.97 Å². The Labute approximate surface area is 135 Å². The standard InChI is InChI=1S/C17H24FNO4/c1-4-17(5-2,11-16(21)22)19-15(20)9-7-12-6-8-14(23-3)13(18)10-12/h6,8,10H,4-5,7,9,11H2,1-3H3,(H,19,20)(H,21,22). The molecule has 2 N–H and O–H groups in total. The lowest BCUT2D eigenvalue weighted by Gasteiger charge is -2.31. The van der Waals surface area contributed by atoms with Crippen molar-refractivity contribution >= 4 is 11.9 Å². The van der Waals surface area contributed by atoms with E-state index in [1.54, 1.807) is 6.07 Å². The quantitative estimate of drug-likeness (QED) is 0.732. The lowest BCUT2D eigenvalue weighted by molar-refractivity contribution is -0.139. The van der Waals surface area contributed by atoms with E-state index in [0.717, 1.165) is 0 Å². The van der Waals surface area contributed by atoms with Crippen molar-refractivity contribution in [2.75, 3.05) is 7.11 Å². The van der Waals surface area contributed by atoms with Crippen molar-refractivity contribution in [3.05, 3.63) is 29.6 Å². The predicted octanol–water partition coefficient (Wildman–Crippen LogP) is 2.92. The van der Waals surface area contributed by atoms with E-state index in [1.165, 1.54) is 19.2 Å². The fourth-order valence-electron chi connectivity index (χ4n) is 2.49. The monoisotopic (exact) mass is 325 g/mol. The number of amides is 1. The minimum Gasteiger partial charge on any atom is -0.494 e. The van der Waals surface area contributed by atoms with Gasteiger partial charge in [0.2, 0.25) is 5.91 Å². The Hall–Kier alpha value is -2.11. The van der Waals surface area contributed by atoms with Crippen molar-refractivity contribution < 1.29 is 23.8 Å². The van der Waals surface area contributed by atoms with E-state index < -0.39 is 17.3 Å². The Morgan fingerprint density at radius 2 is 1.96 bits per heavy atom. The third-order valence-electron chi connectivity index (χ3n) is 4.10. The van der Waals surface area contributed by atoms with Gasteiger partial charge in [0.25, 0.3) is 0 Å². The largest absolute Gasteiger partial charge is 0.494 e. The van der Waals surface area contributed by atoms with Crippen LogP contribution in [0.4, 0.5) is 4.39 Å². The SMILES string of the molecule is CCC(CC)(CC(=O)O)NC(=O)CCc1ccc(OC)c(F)c1. The van der Waals surface area contributed by atoms with Crippen LogP contribution in [0.5, 0.6) is 5.75 Å². The molecule has 0 saturated carbocycles. The van der Waals surface area contributed by atoms with E-state index in [9.17, 15) is 14.0 Å². The number of carboxylic acids is 1. The van der Waals surface area contributed by atoms with E-state index in [-0.39, 0.29) is 24.5 Å². The molecule has 0 atom stereocenters. The highest BCUT2D eigenvalue weighted by molar-refractivity contribution is 5.78. The number of carbonyl (C=O) groups is 2. The van der Waals surface area contributed by atoms with Gasteiger partial charge < -0.3 is 15.2 Å². The molecule has 0 fully saturated rings. The topological polar surface area (TPSA) is 75.6 Å². The predicted molar refractivity (Wildman–Crippen MR) is 85.0 cm³/mol. The number of methoxy groups -OCH3 is 1. The summed E-state index contributed by atoms with van der Waals surface area (Å²) >= 11 is 0. The summed E-state index contributed by atoms with van der Waals surface area (Å²) in [6, 6.07) is 4.57. The zero-order chi connectivity index (χ0) is 17.5. The lowest BCUT2D eigenvalue weighted by atomic mass is 9.88. The highest BCUT2D eigenvalue weighted by Gasteiger charge is 2.30. The zero-order valence-corrected chi connectivity index (χ0v) is 13.8. The van der Waals surface area contributed by atoms with Crippen LogP contribution in [0, 0.1) is 5.82 Å². The van der Waals surface area contributed by atoms with Crippen molar-refractivity contribution in [1.82, 2.24) is 5.32 Å². The van der Waals surface area contributed by atoms with Crippen LogP contribution in [0.15, 0.2) is 18.2 Å². The van der Waals surface area contributed by atoms with Gasteiger partial charge in [0.05, 0.1) is 13.5 Å². The van der Waals surface area contributed by atoms with Crippen LogP contribution in [0.1, 0.15) is 45.1 Å². The van der Waals surface area contributed by atoms with Crippen LogP contribution in [0.3, 0.4) is 0 Å². The molecule has 1 aromatic rings. The molecular formula is C17H24FNO4. The van der Waals surface area contributed by atoms with Crippen molar-refractivity contribution in [2.24, 2.45) is 0 Å². The number of carboxylic acid groups (broad SMARTS) is 1. The summed E-state index contributed by atoms with van der Waals surface area (Å²) in [5, 5.41) is 11.8. The third-order valence-corrected chi connectivity index (χ3v) is 4.10. The van der Waals surface area contributed by atoms with Gasteiger partial charge in [-0.15, -0.1) is 0 Å². The molecule has 5 nitrogen and oxygen atoms in total. The van der Waals surface area contributed by atoms with Crippen LogP contribution in [-0.2, 0) is 16.0 Å². The van der Waals surface area contributed by atoms with E-state index in [4.69, 9.17) is 9.84 Å². The lowest BCUT2D eigenvalue weighted by Crippen LogP contribution is -2.49. The van der Waals surface area contributed by atoms with Crippen LogP contribution >= 0.6 is 0 Å². The Kier molecular flexibility index (Phi) is 7.00. The first kappa shape index (κ1) is 18.9. The summed E-state index contributed by atoms with van der Waals surface area (Å²) < 4.78 is 18.5. The first-order valence-electron chi connectivity index (χ1n) is 7.71. The van der Waals surface area contributed by atoms with Crippen molar-refractivity contribution in [1.29, 1.82) is 0 Å². The van der Waals surface area contributed by atoms with Crippen molar-refractivity contribution in [3.8, 4) is 5.75 Å². The van der Waals surface area contributed by atoms with E-state index in [1.807, 2.05) is 13.8 Å². The van der Waals surface area contributed by atoms with Crippen LogP contribution < -0.4 is 10.1 Å². The molecule has 1 aromatic carbocycles. The molecule has 0 aliphatic rings. The molecule has 6 heteroatoms. The summed E-state index contributed by atoms with van der Waals surface area (Å²) in [7, 11) is 1.39. The molecule has 0 bridgehead atoms. The summed E-state index contributed by atoms with van der Waals surface area (Å²) in [4.78, 5) is 23.1. The normalized spacial score (nSPS) is 11.1. The number of carbonyl (C=O) groups excluding carboxylic acids is 1. The number of aliphatic carboxylic acids is 1. The maximum absolute atomic E-state index is 13.6. The van der Waals surface area contributed by atoms with E-state index in [2.05, 4.69) is 5.32 Å². The number of nitrogens with one attached hydrogen (secondary N) is 1. The molecule has 0 aliphatic carbocycles. The number of rotatable bonds is 9. The maximum atomic E-state index is 13.6. The van der Waals surface area contributed by atoms with Gasteiger partial charge in [0, 0.05) is 12.0 Å². The first-order valence-corrected chi connectivity index (χ1v) is 7.71. The number of hydrogen-bond acceptors (Lipinski definition) is 3. The number of halogens is 1. The molecule has 1 rings (SSSR count). The Morgan fingerprint density at radius 1 is 1.30 bits per heavy atom. The highest BCUT2D eigenvalue weighted by atomic mass is 19.1. The molecule has 0 radical (unpaired) electrons. The fraction of sp³-hybridized carbons (Fsp3) is 0.529. The zero-order valence-electron chi connectivity index (χ0n) is 13.8. The summed E-state index contributed by atoms with van der Waals surface area (Å²) in [6.07, 6.45) is 1.52. The summed E-state index contributed by atoms with van der Waals surface area (Å²) in [6.45, 7) is 3.71. The van der Waals surface area contributed by atoms with Gasteiger partial charge in [0.1, 0.15) is 0 Å². The Morgan fingerprint density at radius 3 is 2.43 bits per heavy atom. The number of aryl methyl sites for hydroxylation is 1. The summed E-state index contributed by atoms with van der Waals surface area (Å²) in [5.74, 6) is -1.47. The van der Waals surface area contributed by atoms with E-state index >= 15 is 0 Å². The smallest absolute Gasteiger partial charge is 0.305 e. The van der Waals surface area contributed by atoms with Crippen LogP contribution in [-0.4, -0.2) is 29.6 Å². The first-order chi connectivity index (χ1) is 10.9. The second-order valence-corrected chi connectivity index (χ2v) is 5.58. The van der Waals surface area contributed by atoms with Gasteiger partial charge in [-0.1, -0.05) is 19.9 Å². The van der Waals surface area contributed by atoms with Gasteiger partial charge in [0.15, 0.2) is 11.6 Å². The third kappa shape index (κ3) is 5.54. The maximum Gasteiger partial charge on any atom is 0.305 e. The van der Waals surface area contributed by atoms with Gasteiger partial charge in [-0.3, -0.25) is 9.59 Å². The average Bonchev–Trinajstić information content (AvgIpc) is 2.52. The Balaban J connectivity index is 2.65. The summed E-state index contributed by atoms with van der Waals surface area (Å²) in [5.41, 5.74) is -0.0380. The molecule has 0 heterocycles. The number of benzene rings is 1. The second kappa shape index (κ2) is 8.50. The van der Waals surface area contributed by atoms with Crippen molar-refractivity contribution in [2.45, 2.75) is 51.5 Å². The van der Waals surface area contributed by atoms with Gasteiger partial charge in [-0.05, 0) is 37.0 Å². The average molecular weight is 325 g/mol. The molecular weight excluding hydrogens is 301 g/mol. The molecule has 0 aliphatic heterocycles. The minimum atomic E-state index is -0.939. The van der Waals surface area contributed by atoms with Gasteiger partial charge in [-0.2, -0.15) is 0 Å². The number of hydrogen-bond donors (Lipinski definition) is 2. The number of ether oxygens (including phenoxy) is 1. The van der Waals surface area contributed by atoms with Crippen LogP contribution in [0.25, 0.3) is 0 Å². The molecule has 128 valence electrons. The molecule has 0 unspecified atom stereocenters. The molecule has 0 aromatic heterocycles. The second-order valence-electron chi connectivity index (χ2n) is 5.58. The van der Waals surface area contributed by atoms with E-state index in [0.29, 0.717) is 24.8 Å². The minimum absolute atomic E-state index is 0.108. The molecule has 1 amide bonds. The molecule has 0 saturated heterocycles. The van der Waals surface area contributed by atoms with Gasteiger partial charge in [-0.25, -0.2) is 4.39 Å². The Bertz CT molecular complexity index is 556. The van der Waals surface area contributed by atoms with Crippen molar-refractivity contribution in [3.63, 3.8) is 0 Å².